The average Bonchev–Trinajstić information content (AvgIpc) is 2.08. The molecule has 0 saturated heterocycles. The van der Waals surface area contributed by atoms with E-state index in [0.29, 0.717) is 10.6 Å². The highest BCUT2D eigenvalue weighted by Gasteiger charge is 2.40. The van der Waals surface area contributed by atoms with Crippen LogP contribution in [0.5, 0.6) is 5.75 Å². The van der Waals surface area contributed by atoms with Gasteiger partial charge in [-0.3, -0.25) is 0 Å². The van der Waals surface area contributed by atoms with Gasteiger partial charge in [-0.05, 0) is 30.7 Å². The number of halogens is 4. The van der Waals surface area contributed by atoms with Crippen molar-refractivity contribution >= 4 is 22.7 Å². The summed E-state index contributed by atoms with van der Waals surface area (Å²) in [6.45, 7) is 1.51. The molecule has 0 fully saturated rings. The minimum absolute atomic E-state index is 0.102. The lowest BCUT2D eigenvalue weighted by Gasteiger charge is -2.09. The minimum Gasteiger partial charge on any atom is -0.394 e. The highest BCUT2D eigenvalue weighted by Crippen LogP contribution is 2.27. The van der Waals surface area contributed by atoms with E-state index in [1.165, 1.54) is 25.1 Å². The molecule has 7 heteroatoms. The molecule has 0 spiro atoms. The SMILES string of the molecule is Cc1cc(Cl)ccc1OS(=O)C(F)(F)F. The van der Waals surface area contributed by atoms with Gasteiger partial charge in [-0.2, -0.15) is 13.2 Å². The third kappa shape index (κ3) is 3.39. The van der Waals surface area contributed by atoms with E-state index in [-0.39, 0.29) is 5.75 Å². The van der Waals surface area contributed by atoms with Gasteiger partial charge in [0.2, 0.25) is 0 Å². The van der Waals surface area contributed by atoms with Crippen LogP contribution in [0.25, 0.3) is 0 Å². The molecular formula is C8H6ClF3O2S. The van der Waals surface area contributed by atoms with Crippen molar-refractivity contribution in [1.29, 1.82) is 0 Å². The highest BCUT2D eigenvalue weighted by atomic mass is 35.5. The van der Waals surface area contributed by atoms with Crippen molar-refractivity contribution in [2.24, 2.45) is 0 Å². The average molecular weight is 259 g/mol. The summed E-state index contributed by atoms with van der Waals surface area (Å²) < 4.78 is 50.5. The van der Waals surface area contributed by atoms with Crippen LogP contribution in [0.4, 0.5) is 13.2 Å². The van der Waals surface area contributed by atoms with Gasteiger partial charge in [0, 0.05) is 5.02 Å². The standard InChI is InChI=1S/C8H6ClF3O2S/c1-5-4-6(9)2-3-7(5)14-15(13)8(10,11)12/h2-4H,1H3. The Hall–Kier alpha value is -0.750. The fourth-order valence-electron chi connectivity index (χ4n) is 0.835. The fraction of sp³-hybridized carbons (Fsp3) is 0.250. The quantitative estimate of drug-likeness (QED) is 0.814. The Bertz CT molecular complexity index is 392. The molecule has 0 aliphatic heterocycles. The summed E-state index contributed by atoms with van der Waals surface area (Å²) in [5, 5.41) is 0.373. The topological polar surface area (TPSA) is 26.3 Å². The number of alkyl halides is 3. The van der Waals surface area contributed by atoms with Crippen molar-refractivity contribution in [2.45, 2.75) is 12.4 Å². The summed E-state index contributed by atoms with van der Waals surface area (Å²) in [4.78, 5) is 0. The Labute approximate surface area is 91.7 Å². The maximum Gasteiger partial charge on any atom is 0.508 e. The number of rotatable bonds is 2. The Morgan fingerprint density at radius 3 is 2.47 bits per heavy atom. The highest BCUT2D eigenvalue weighted by molar-refractivity contribution is 7.81. The molecule has 1 aromatic rings. The zero-order valence-electron chi connectivity index (χ0n) is 7.47. The van der Waals surface area contributed by atoms with Crippen molar-refractivity contribution in [1.82, 2.24) is 0 Å². The molecule has 1 rings (SSSR count). The molecule has 0 amide bonds. The van der Waals surface area contributed by atoms with E-state index in [2.05, 4.69) is 4.18 Å². The predicted octanol–water partition coefficient (Wildman–Crippen LogP) is 3.21. The van der Waals surface area contributed by atoms with Gasteiger partial charge in [0.15, 0.2) is 0 Å². The van der Waals surface area contributed by atoms with Gasteiger partial charge >= 0.3 is 16.6 Å². The van der Waals surface area contributed by atoms with Gasteiger partial charge < -0.3 is 4.18 Å². The second kappa shape index (κ2) is 4.40. The first-order valence-corrected chi connectivity index (χ1v) is 5.19. The fourth-order valence-corrected chi connectivity index (χ4v) is 1.51. The van der Waals surface area contributed by atoms with Gasteiger partial charge in [-0.1, -0.05) is 11.6 Å². The van der Waals surface area contributed by atoms with Gasteiger partial charge in [0.05, 0.1) is 0 Å². The zero-order chi connectivity index (χ0) is 11.6. The summed E-state index contributed by atoms with van der Waals surface area (Å²) in [5.41, 5.74) is -4.49. The number of hydrogen-bond donors (Lipinski definition) is 0. The Morgan fingerprint density at radius 1 is 1.40 bits per heavy atom. The molecule has 0 radical (unpaired) electrons. The van der Waals surface area contributed by atoms with Crippen molar-refractivity contribution in [3.63, 3.8) is 0 Å². The van der Waals surface area contributed by atoms with Crippen LogP contribution in [0.15, 0.2) is 18.2 Å². The van der Waals surface area contributed by atoms with Crippen LogP contribution in [-0.2, 0) is 11.1 Å². The molecule has 1 unspecified atom stereocenters. The van der Waals surface area contributed by atoms with Crippen molar-refractivity contribution in [2.75, 3.05) is 0 Å². The first-order valence-electron chi connectivity index (χ1n) is 3.74. The largest absolute Gasteiger partial charge is 0.508 e. The molecule has 0 saturated carbocycles. The maximum absolute atomic E-state index is 11.9. The second-order valence-electron chi connectivity index (χ2n) is 2.67. The summed E-state index contributed by atoms with van der Waals surface area (Å²) in [5.74, 6) is -0.102. The molecule has 0 aromatic heterocycles. The summed E-state index contributed by atoms with van der Waals surface area (Å²) in [7, 11) is 0. The summed E-state index contributed by atoms with van der Waals surface area (Å²) in [6, 6.07) is 4.02. The summed E-state index contributed by atoms with van der Waals surface area (Å²) >= 11 is 2.24. The Kier molecular flexibility index (Phi) is 3.62. The van der Waals surface area contributed by atoms with Crippen LogP contribution in [0, 0.1) is 6.92 Å². The van der Waals surface area contributed by atoms with Gasteiger partial charge in [0.25, 0.3) is 0 Å². The van der Waals surface area contributed by atoms with E-state index in [0.717, 1.165) is 0 Å². The number of hydrogen-bond acceptors (Lipinski definition) is 2. The third-order valence-electron chi connectivity index (χ3n) is 1.49. The van der Waals surface area contributed by atoms with Gasteiger partial charge in [-0.25, -0.2) is 4.21 Å². The van der Waals surface area contributed by atoms with Crippen LogP contribution >= 0.6 is 11.6 Å². The molecule has 2 nitrogen and oxygen atoms in total. The van der Waals surface area contributed by atoms with Gasteiger partial charge in [0.1, 0.15) is 5.75 Å². The van der Waals surface area contributed by atoms with E-state index in [1.54, 1.807) is 0 Å². The molecule has 0 heterocycles. The second-order valence-corrected chi connectivity index (χ2v) is 4.21. The molecule has 0 N–H and O–H groups in total. The van der Waals surface area contributed by atoms with E-state index < -0.39 is 16.6 Å². The molecule has 0 bridgehead atoms. The molecular weight excluding hydrogens is 253 g/mol. The molecule has 84 valence electrons. The van der Waals surface area contributed by atoms with Crippen LogP contribution in [-0.4, -0.2) is 9.72 Å². The van der Waals surface area contributed by atoms with Crippen LogP contribution < -0.4 is 4.18 Å². The van der Waals surface area contributed by atoms with E-state index >= 15 is 0 Å². The van der Waals surface area contributed by atoms with Crippen molar-refractivity contribution in [3.8, 4) is 5.75 Å². The molecule has 0 aliphatic carbocycles. The Morgan fingerprint density at radius 2 is 2.00 bits per heavy atom. The zero-order valence-corrected chi connectivity index (χ0v) is 9.04. The first kappa shape index (κ1) is 12.3. The molecule has 1 aromatic carbocycles. The smallest absolute Gasteiger partial charge is 0.394 e. The van der Waals surface area contributed by atoms with E-state index in [9.17, 15) is 17.4 Å². The monoisotopic (exact) mass is 258 g/mol. The molecule has 0 aliphatic rings. The lowest BCUT2D eigenvalue weighted by molar-refractivity contribution is -0.0437. The number of benzene rings is 1. The lowest BCUT2D eigenvalue weighted by Crippen LogP contribution is -2.21. The number of aryl methyl sites for hydroxylation is 1. The van der Waals surface area contributed by atoms with Crippen molar-refractivity contribution in [3.05, 3.63) is 28.8 Å². The van der Waals surface area contributed by atoms with Crippen LogP contribution in [0.2, 0.25) is 5.02 Å². The maximum atomic E-state index is 11.9. The lowest BCUT2D eigenvalue weighted by atomic mass is 10.2. The normalized spacial score (nSPS) is 13.7. The first-order chi connectivity index (χ1) is 6.80. The van der Waals surface area contributed by atoms with Crippen LogP contribution in [0.1, 0.15) is 5.56 Å². The minimum atomic E-state index is -4.88. The van der Waals surface area contributed by atoms with Gasteiger partial charge in [-0.15, -0.1) is 0 Å². The third-order valence-corrected chi connectivity index (χ3v) is 2.44. The van der Waals surface area contributed by atoms with Crippen molar-refractivity contribution < 1.29 is 21.6 Å². The molecule has 1 atom stereocenters. The molecule has 15 heavy (non-hydrogen) atoms. The Balaban J connectivity index is 2.87. The predicted molar refractivity (Wildman–Crippen MR) is 51.0 cm³/mol. The van der Waals surface area contributed by atoms with E-state index in [4.69, 9.17) is 11.6 Å². The van der Waals surface area contributed by atoms with Crippen LogP contribution in [0.3, 0.4) is 0 Å². The van der Waals surface area contributed by atoms with E-state index in [1.807, 2.05) is 0 Å². The summed E-state index contributed by atoms with van der Waals surface area (Å²) in [6.07, 6.45) is 0.